The van der Waals surface area contributed by atoms with Crippen LogP contribution in [0.1, 0.15) is 0 Å². The maximum atomic E-state index is 3.86. The SMILES string of the molecule is Cn1nnnc1SCC#C[Si](C)(C)C. The van der Waals surface area contributed by atoms with Crippen molar-refractivity contribution in [3.63, 3.8) is 0 Å². The molecule has 0 N–H and O–H groups in total. The lowest BCUT2D eigenvalue weighted by molar-refractivity contribution is 0.665. The Balaban J connectivity index is 2.42. The van der Waals surface area contributed by atoms with Gasteiger partial charge in [-0.2, -0.15) is 0 Å². The molecule has 0 saturated carbocycles. The summed E-state index contributed by atoms with van der Waals surface area (Å²) in [6, 6.07) is 0. The Labute approximate surface area is 89.5 Å². The van der Waals surface area contributed by atoms with Crippen LogP contribution in [0.2, 0.25) is 19.6 Å². The van der Waals surface area contributed by atoms with Gasteiger partial charge >= 0.3 is 0 Å². The van der Waals surface area contributed by atoms with Crippen molar-refractivity contribution in [2.45, 2.75) is 24.8 Å². The van der Waals surface area contributed by atoms with Crippen molar-refractivity contribution in [2.24, 2.45) is 7.05 Å². The maximum Gasteiger partial charge on any atom is 0.209 e. The number of rotatable bonds is 2. The second-order valence-corrected chi connectivity index (χ2v) is 9.62. The molecule has 0 radical (unpaired) electrons. The highest BCUT2D eigenvalue weighted by Gasteiger charge is 2.07. The fraction of sp³-hybridized carbons (Fsp3) is 0.625. The predicted octanol–water partition coefficient (Wildman–Crippen LogP) is 1.18. The second-order valence-electron chi connectivity index (χ2n) is 3.93. The molecule has 0 aliphatic carbocycles. The van der Waals surface area contributed by atoms with Crippen LogP contribution in [0.5, 0.6) is 0 Å². The topological polar surface area (TPSA) is 43.6 Å². The molecular formula is C8H14N4SSi. The first kappa shape index (κ1) is 11.3. The minimum atomic E-state index is -1.23. The number of thioether (sulfide) groups is 1. The summed E-state index contributed by atoms with van der Waals surface area (Å²) in [4.78, 5) is 0. The average Bonchev–Trinajstić information content (AvgIpc) is 2.44. The average molecular weight is 226 g/mol. The summed E-state index contributed by atoms with van der Waals surface area (Å²) in [5, 5.41) is 12.0. The van der Waals surface area contributed by atoms with Crippen LogP contribution in [0, 0.1) is 11.5 Å². The molecule has 0 amide bonds. The highest BCUT2D eigenvalue weighted by Crippen LogP contribution is 2.10. The van der Waals surface area contributed by atoms with E-state index in [0.717, 1.165) is 10.9 Å². The molecule has 14 heavy (non-hydrogen) atoms. The van der Waals surface area contributed by atoms with Gasteiger partial charge in [-0.3, -0.25) is 0 Å². The Hall–Kier alpha value is -0.803. The first-order chi connectivity index (χ1) is 6.49. The summed E-state index contributed by atoms with van der Waals surface area (Å²) in [5.41, 5.74) is 3.29. The van der Waals surface area contributed by atoms with E-state index >= 15 is 0 Å². The first-order valence-electron chi connectivity index (χ1n) is 4.34. The Kier molecular flexibility index (Phi) is 3.72. The van der Waals surface area contributed by atoms with Crippen LogP contribution in [0.4, 0.5) is 0 Å². The molecule has 0 saturated heterocycles. The van der Waals surface area contributed by atoms with E-state index in [2.05, 4.69) is 46.6 Å². The fourth-order valence-corrected chi connectivity index (χ4v) is 2.08. The molecule has 0 fully saturated rings. The van der Waals surface area contributed by atoms with E-state index in [1.54, 1.807) is 16.4 Å². The summed E-state index contributed by atoms with van der Waals surface area (Å²) in [6.45, 7) is 6.69. The lowest BCUT2D eigenvalue weighted by Gasteiger charge is -2.02. The maximum absolute atomic E-state index is 3.86. The monoisotopic (exact) mass is 226 g/mol. The number of hydrogen-bond acceptors (Lipinski definition) is 4. The summed E-state index contributed by atoms with van der Waals surface area (Å²) in [5.74, 6) is 3.92. The van der Waals surface area contributed by atoms with E-state index < -0.39 is 8.07 Å². The van der Waals surface area contributed by atoms with E-state index in [1.807, 2.05) is 7.05 Å². The Morgan fingerprint density at radius 1 is 1.43 bits per heavy atom. The van der Waals surface area contributed by atoms with Gasteiger partial charge in [0.25, 0.3) is 0 Å². The number of aromatic nitrogens is 4. The summed E-state index contributed by atoms with van der Waals surface area (Å²) >= 11 is 1.57. The molecule has 0 aliphatic heterocycles. The van der Waals surface area contributed by atoms with Crippen LogP contribution in [-0.2, 0) is 7.05 Å². The lowest BCUT2D eigenvalue weighted by atomic mass is 10.8. The first-order valence-corrected chi connectivity index (χ1v) is 8.83. The van der Waals surface area contributed by atoms with Gasteiger partial charge in [0.05, 0.1) is 5.75 Å². The molecule has 1 aromatic heterocycles. The molecule has 1 aromatic rings. The van der Waals surface area contributed by atoms with E-state index in [0.29, 0.717) is 0 Å². The van der Waals surface area contributed by atoms with E-state index in [1.165, 1.54) is 0 Å². The fourth-order valence-electron chi connectivity index (χ4n) is 0.745. The standard InChI is InChI=1S/C8H14N4SSi/c1-12-8(9-10-11-12)13-6-5-7-14(2,3)4/h6H2,1-4H3. The molecule has 0 aromatic carbocycles. The van der Waals surface area contributed by atoms with Gasteiger partial charge in [-0.05, 0) is 10.4 Å². The molecular weight excluding hydrogens is 212 g/mol. The van der Waals surface area contributed by atoms with Crippen molar-refractivity contribution in [2.75, 3.05) is 5.75 Å². The second kappa shape index (κ2) is 4.62. The van der Waals surface area contributed by atoms with Crippen molar-refractivity contribution in [1.29, 1.82) is 0 Å². The van der Waals surface area contributed by atoms with E-state index in [4.69, 9.17) is 0 Å². The Morgan fingerprint density at radius 2 is 2.14 bits per heavy atom. The molecule has 0 atom stereocenters. The molecule has 0 aliphatic rings. The largest absolute Gasteiger partial charge is 0.224 e. The van der Waals surface area contributed by atoms with E-state index in [-0.39, 0.29) is 0 Å². The van der Waals surface area contributed by atoms with Crippen LogP contribution < -0.4 is 0 Å². The summed E-state index contributed by atoms with van der Waals surface area (Å²) in [6.07, 6.45) is 0. The van der Waals surface area contributed by atoms with E-state index in [9.17, 15) is 0 Å². The van der Waals surface area contributed by atoms with Gasteiger partial charge in [0.1, 0.15) is 8.07 Å². The smallest absolute Gasteiger partial charge is 0.209 e. The highest BCUT2D eigenvalue weighted by atomic mass is 32.2. The van der Waals surface area contributed by atoms with Gasteiger partial charge in [0.15, 0.2) is 0 Å². The molecule has 1 rings (SSSR count). The number of hydrogen-bond donors (Lipinski definition) is 0. The quantitative estimate of drug-likeness (QED) is 0.431. The molecule has 76 valence electrons. The minimum absolute atomic E-state index is 0.762. The summed E-state index contributed by atoms with van der Waals surface area (Å²) < 4.78 is 1.65. The normalized spacial score (nSPS) is 10.9. The van der Waals surface area contributed by atoms with Crippen LogP contribution in [0.3, 0.4) is 0 Å². The van der Waals surface area contributed by atoms with Crippen molar-refractivity contribution >= 4 is 19.8 Å². The third-order valence-electron chi connectivity index (χ3n) is 1.32. The third-order valence-corrected chi connectivity index (χ3v) is 3.14. The predicted molar refractivity (Wildman–Crippen MR) is 60.6 cm³/mol. The van der Waals surface area contributed by atoms with Crippen LogP contribution in [0.15, 0.2) is 5.16 Å². The molecule has 0 unspecified atom stereocenters. The molecule has 6 heteroatoms. The third kappa shape index (κ3) is 3.94. The molecule has 0 bridgehead atoms. The van der Waals surface area contributed by atoms with Crippen LogP contribution >= 0.6 is 11.8 Å². The highest BCUT2D eigenvalue weighted by molar-refractivity contribution is 7.99. The van der Waals surface area contributed by atoms with Gasteiger partial charge in [-0.25, -0.2) is 4.68 Å². The van der Waals surface area contributed by atoms with Crippen molar-refractivity contribution < 1.29 is 0 Å². The molecule has 1 heterocycles. The van der Waals surface area contributed by atoms with Gasteiger partial charge in [-0.15, -0.1) is 10.6 Å². The Bertz CT molecular complexity index is 357. The zero-order valence-electron chi connectivity index (χ0n) is 8.90. The minimum Gasteiger partial charge on any atom is -0.224 e. The van der Waals surface area contributed by atoms with Crippen molar-refractivity contribution in [1.82, 2.24) is 20.2 Å². The number of tetrazole rings is 1. The zero-order chi connectivity index (χ0) is 10.6. The van der Waals surface area contributed by atoms with Gasteiger partial charge in [0, 0.05) is 7.05 Å². The van der Waals surface area contributed by atoms with Crippen molar-refractivity contribution in [3.05, 3.63) is 0 Å². The number of aryl methyl sites for hydroxylation is 1. The molecule has 0 spiro atoms. The van der Waals surface area contributed by atoms with Crippen LogP contribution in [-0.4, -0.2) is 34.0 Å². The lowest BCUT2D eigenvalue weighted by Crippen LogP contribution is -2.16. The summed E-state index contributed by atoms with van der Waals surface area (Å²) in [7, 11) is 0.602. The van der Waals surface area contributed by atoms with Gasteiger partial charge in [-0.1, -0.05) is 37.3 Å². The number of nitrogens with zero attached hydrogens (tertiary/aromatic N) is 4. The Morgan fingerprint density at radius 3 is 2.64 bits per heavy atom. The van der Waals surface area contributed by atoms with Gasteiger partial charge < -0.3 is 0 Å². The zero-order valence-corrected chi connectivity index (χ0v) is 10.7. The van der Waals surface area contributed by atoms with Crippen molar-refractivity contribution in [3.8, 4) is 11.5 Å². The van der Waals surface area contributed by atoms with Crippen LogP contribution in [0.25, 0.3) is 0 Å². The molecule has 4 nitrogen and oxygen atoms in total. The van der Waals surface area contributed by atoms with Gasteiger partial charge in [0.2, 0.25) is 5.16 Å².